The number of carbonyl (C=O) groups is 2. The number of fused-ring (bicyclic) bond motifs is 1. The zero-order chi connectivity index (χ0) is 20.3. The van der Waals surface area contributed by atoms with E-state index in [2.05, 4.69) is 5.32 Å². The van der Waals surface area contributed by atoms with Gasteiger partial charge < -0.3 is 23.9 Å². The van der Waals surface area contributed by atoms with Crippen molar-refractivity contribution in [3.8, 4) is 11.5 Å². The number of ether oxygens (including phenoxy) is 3. The van der Waals surface area contributed by atoms with Gasteiger partial charge in [-0.2, -0.15) is 0 Å². The fraction of sp³-hybridized carbons (Fsp3) is 0.238. The van der Waals surface area contributed by atoms with Gasteiger partial charge in [0, 0.05) is 16.6 Å². The van der Waals surface area contributed by atoms with Crippen LogP contribution in [-0.2, 0) is 9.53 Å². The molecular formula is C21H21NO6. The topological polar surface area (TPSA) is 87.0 Å². The van der Waals surface area contributed by atoms with Crippen molar-refractivity contribution in [2.24, 2.45) is 0 Å². The van der Waals surface area contributed by atoms with Crippen molar-refractivity contribution in [3.63, 3.8) is 0 Å². The summed E-state index contributed by atoms with van der Waals surface area (Å²) in [6, 6.07) is 12.1. The highest BCUT2D eigenvalue weighted by Gasteiger charge is 2.24. The third-order valence-electron chi connectivity index (χ3n) is 4.34. The van der Waals surface area contributed by atoms with Gasteiger partial charge in [0.05, 0.1) is 14.2 Å². The van der Waals surface area contributed by atoms with Crippen LogP contribution >= 0.6 is 0 Å². The Kier molecular flexibility index (Phi) is 5.54. The molecule has 146 valence electrons. The van der Waals surface area contributed by atoms with E-state index in [1.54, 1.807) is 63.6 Å². The van der Waals surface area contributed by atoms with Gasteiger partial charge in [-0.05, 0) is 56.3 Å². The van der Waals surface area contributed by atoms with Crippen molar-refractivity contribution >= 4 is 28.5 Å². The summed E-state index contributed by atoms with van der Waals surface area (Å²) in [5, 5.41) is 3.44. The van der Waals surface area contributed by atoms with Gasteiger partial charge in [-0.15, -0.1) is 0 Å². The van der Waals surface area contributed by atoms with Crippen LogP contribution in [0.2, 0.25) is 0 Å². The Hall–Kier alpha value is -3.48. The molecule has 1 heterocycles. The van der Waals surface area contributed by atoms with E-state index in [1.165, 1.54) is 6.92 Å². The standard InChI is InChI=1S/C21H21NO6/c1-12-17-11-16(26-4)9-10-18(17)28-19(12)21(24)27-13(2)20(23)22-14-5-7-15(25-3)8-6-14/h5-11,13H,1-4H3,(H,22,23)/t13-/m1/s1. The summed E-state index contributed by atoms with van der Waals surface area (Å²) in [5.41, 5.74) is 1.74. The van der Waals surface area contributed by atoms with Gasteiger partial charge in [0.15, 0.2) is 6.10 Å². The molecule has 0 bridgehead atoms. The lowest BCUT2D eigenvalue weighted by Crippen LogP contribution is -2.30. The van der Waals surface area contributed by atoms with Gasteiger partial charge in [-0.25, -0.2) is 4.79 Å². The predicted octanol–water partition coefficient (Wildman–Crippen LogP) is 3.94. The Labute approximate surface area is 162 Å². The normalized spacial score (nSPS) is 11.7. The first-order valence-corrected chi connectivity index (χ1v) is 8.66. The van der Waals surface area contributed by atoms with Crippen LogP contribution in [0.5, 0.6) is 11.5 Å². The molecule has 0 aliphatic carbocycles. The van der Waals surface area contributed by atoms with E-state index in [1.807, 2.05) is 0 Å². The average Bonchev–Trinajstić information content (AvgIpc) is 3.04. The molecule has 0 aliphatic heterocycles. The first-order valence-electron chi connectivity index (χ1n) is 8.66. The molecule has 1 N–H and O–H groups in total. The van der Waals surface area contributed by atoms with Gasteiger partial charge in [-0.1, -0.05) is 0 Å². The van der Waals surface area contributed by atoms with Crippen molar-refractivity contribution in [3.05, 3.63) is 53.8 Å². The van der Waals surface area contributed by atoms with Crippen molar-refractivity contribution in [1.29, 1.82) is 0 Å². The maximum atomic E-state index is 12.5. The SMILES string of the molecule is COc1ccc(NC(=O)[C@@H](C)OC(=O)c2oc3ccc(OC)cc3c2C)cc1. The number of hydrogen-bond donors (Lipinski definition) is 1. The molecule has 0 spiro atoms. The van der Waals surface area contributed by atoms with Gasteiger partial charge >= 0.3 is 5.97 Å². The highest BCUT2D eigenvalue weighted by atomic mass is 16.6. The zero-order valence-corrected chi connectivity index (χ0v) is 16.1. The number of esters is 1. The summed E-state index contributed by atoms with van der Waals surface area (Å²) in [6.45, 7) is 3.25. The minimum Gasteiger partial charge on any atom is -0.497 e. The molecule has 7 heteroatoms. The smallest absolute Gasteiger partial charge is 0.375 e. The minimum atomic E-state index is -1.00. The maximum Gasteiger partial charge on any atom is 0.375 e. The van der Waals surface area contributed by atoms with Crippen LogP contribution in [0, 0.1) is 6.92 Å². The molecule has 1 aromatic heterocycles. The fourth-order valence-electron chi connectivity index (χ4n) is 2.71. The lowest BCUT2D eigenvalue weighted by Gasteiger charge is -2.13. The molecule has 7 nitrogen and oxygen atoms in total. The Balaban J connectivity index is 1.70. The number of anilines is 1. The molecule has 0 radical (unpaired) electrons. The van der Waals surface area contributed by atoms with Crippen LogP contribution in [0.25, 0.3) is 11.0 Å². The second-order valence-corrected chi connectivity index (χ2v) is 6.18. The van der Waals surface area contributed by atoms with Gasteiger partial charge in [0.1, 0.15) is 17.1 Å². The van der Waals surface area contributed by atoms with E-state index in [0.29, 0.717) is 28.3 Å². The lowest BCUT2D eigenvalue weighted by atomic mass is 10.1. The lowest BCUT2D eigenvalue weighted by molar-refractivity contribution is -0.123. The van der Waals surface area contributed by atoms with Crippen LogP contribution < -0.4 is 14.8 Å². The molecule has 0 unspecified atom stereocenters. The number of rotatable bonds is 6. The highest BCUT2D eigenvalue weighted by molar-refractivity contribution is 5.99. The third-order valence-corrected chi connectivity index (χ3v) is 4.34. The average molecular weight is 383 g/mol. The van der Waals surface area contributed by atoms with Gasteiger partial charge in [0.25, 0.3) is 5.91 Å². The van der Waals surface area contributed by atoms with E-state index in [0.717, 1.165) is 5.39 Å². The van der Waals surface area contributed by atoms with Gasteiger partial charge in [0.2, 0.25) is 5.76 Å². The second kappa shape index (κ2) is 8.04. The first-order chi connectivity index (χ1) is 13.4. The molecule has 0 saturated carbocycles. The molecule has 0 aliphatic rings. The Morgan fingerprint density at radius 1 is 1.00 bits per heavy atom. The molecule has 0 saturated heterocycles. The predicted molar refractivity (Wildman–Crippen MR) is 104 cm³/mol. The maximum absolute atomic E-state index is 12.5. The van der Waals surface area contributed by atoms with Crippen molar-refractivity contribution in [2.75, 3.05) is 19.5 Å². The van der Waals surface area contributed by atoms with Crippen LogP contribution in [0.4, 0.5) is 5.69 Å². The summed E-state index contributed by atoms with van der Waals surface area (Å²) in [5.74, 6) is 0.240. The molecular weight excluding hydrogens is 362 g/mol. The number of carbonyl (C=O) groups excluding carboxylic acids is 2. The molecule has 1 amide bonds. The van der Waals surface area contributed by atoms with Crippen LogP contribution in [0.1, 0.15) is 23.0 Å². The number of aryl methyl sites for hydroxylation is 1. The number of benzene rings is 2. The monoisotopic (exact) mass is 383 g/mol. The molecule has 0 fully saturated rings. The van der Waals surface area contributed by atoms with Gasteiger partial charge in [-0.3, -0.25) is 4.79 Å². The number of hydrogen-bond acceptors (Lipinski definition) is 6. The molecule has 28 heavy (non-hydrogen) atoms. The second-order valence-electron chi connectivity index (χ2n) is 6.18. The van der Waals surface area contributed by atoms with E-state index in [4.69, 9.17) is 18.6 Å². The number of amides is 1. The largest absolute Gasteiger partial charge is 0.497 e. The summed E-state index contributed by atoms with van der Waals surface area (Å²) in [4.78, 5) is 24.8. The van der Waals surface area contributed by atoms with Crippen LogP contribution in [0.15, 0.2) is 46.9 Å². The first kappa shape index (κ1) is 19.3. The molecule has 3 aromatic rings. The molecule has 3 rings (SSSR count). The summed E-state index contributed by atoms with van der Waals surface area (Å²) < 4.78 is 21.2. The van der Waals surface area contributed by atoms with Crippen LogP contribution in [-0.4, -0.2) is 32.2 Å². The number of methoxy groups -OCH3 is 2. The van der Waals surface area contributed by atoms with E-state index in [9.17, 15) is 9.59 Å². The van der Waals surface area contributed by atoms with Crippen molar-refractivity contribution in [1.82, 2.24) is 0 Å². The Morgan fingerprint density at radius 3 is 2.29 bits per heavy atom. The van der Waals surface area contributed by atoms with E-state index in [-0.39, 0.29) is 5.76 Å². The summed E-state index contributed by atoms with van der Waals surface area (Å²) in [6.07, 6.45) is -1.00. The van der Waals surface area contributed by atoms with Crippen molar-refractivity contribution in [2.45, 2.75) is 20.0 Å². The quantitative estimate of drug-likeness (QED) is 0.649. The highest BCUT2D eigenvalue weighted by Crippen LogP contribution is 2.29. The number of nitrogens with one attached hydrogen (secondary N) is 1. The molecule has 2 aromatic carbocycles. The minimum absolute atomic E-state index is 0.0624. The molecule has 1 atom stereocenters. The van der Waals surface area contributed by atoms with E-state index < -0.39 is 18.0 Å². The van der Waals surface area contributed by atoms with Crippen LogP contribution in [0.3, 0.4) is 0 Å². The van der Waals surface area contributed by atoms with E-state index >= 15 is 0 Å². The zero-order valence-electron chi connectivity index (χ0n) is 16.1. The summed E-state index contributed by atoms with van der Waals surface area (Å²) in [7, 11) is 3.13. The fourth-order valence-corrected chi connectivity index (χ4v) is 2.71. The summed E-state index contributed by atoms with van der Waals surface area (Å²) >= 11 is 0. The van der Waals surface area contributed by atoms with Crippen molar-refractivity contribution < 1.29 is 28.2 Å². The number of furan rings is 1. The third kappa shape index (κ3) is 3.93. The Morgan fingerprint density at radius 2 is 1.64 bits per heavy atom. The Bertz CT molecular complexity index is 1010.